The van der Waals surface area contributed by atoms with Gasteiger partial charge in [-0.05, 0) is 44.2 Å². The van der Waals surface area contributed by atoms with E-state index in [2.05, 4.69) is 32.0 Å². The minimum absolute atomic E-state index is 0.0409. The van der Waals surface area contributed by atoms with Crippen LogP contribution in [0.2, 0.25) is 0 Å². The first kappa shape index (κ1) is 23.2. The van der Waals surface area contributed by atoms with Crippen molar-refractivity contribution in [1.29, 1.82) is 5.26 Å². The monoisotopic (exact) mass is 480 g/mol. The van der Waals surface area contributed by atoms with Crippen LogP contribution in [0.1, 0.15) is 25.1 Å². The lowest BCUT2D eigenvalue weighted by Gasteiger charge is -2.39. The summed E-state index contributed by atoms with van der Waals surface area (Å²) < 4.78 is 13.4. The van der Waals surface area contributed by atoms with Gasteiger partial charge in [0, 0.05) is 17.3 Å². The van der Waals surface area contributed by atoms with Crippen molar-refractivity contribution in [2.45, 2.75) is 25.6 Å². The van der Waals surface area contributed by atoms with Crippen LogP contribution in [-0.2, 0) is 0 Å². The number of nitrogens with zero attached hydrogens (tertiary/aromatic N) is 6. The zero-order valence-electron chi connectivity index (χ0n) is 19.9. The minimum atomic E-state index is -0.985. The Balaban J connectivity index is 1.32. The molecule has 4 aromatic heterocycles. The number of aromatic nitrogens is 4. The number of ether oxygens (including phenoxy) is 2. The van der Waals surface area contributed by atoms with Gasteiger partial charge in [0.2, 0.25) is 0 Å². The molecule has 0 unspecified atom stereocenters. The lowest BCUT2D eigenvalue weighted by molar-refractivity contribution is 0.0283. The number of pyridine rings is 3. The number of nitriles is 1. The molecule has 1 N–H and O–H groups in total. The van der Waals surface area contributed by atoms with Crippen LogP contribution >= 0.6 is 0 Å². The van der Waals surface area contributed by atoms with E-state index in [1.54, 1.807) is 43.0 Å². The van der Waals surface area contributed by atoms with Crippen LogP contribution in [0.25, 0.3) is 16.6 Å². The summed E-state index contributed by atoms with van der Waals surface area (Å²) in [5.41, 5.74) is 2.30. The molecule has 9 heteroatoms. The number of aliphatic hydroxyl groups is 1. The third-order valence-electron chi connectivity index (χ3n) is 5.72. The first-order valence-electron chi connectivity index (χ1n) is 11.4. The average Bonchev–Trinajstić information content (AvgIpc) is 3.27. The van der Waals surface area contributed by atoms with Crippen LogP contribution < -0.4 is 14.4 Å². The number of terminal acetylenes is 1. The van der Waals surface area contributed by atoms with Crippen molar-refractivity contribution < 1.29 is 14.6 Å². The van der Waals surface area contributed by atoms with Crippen molar-refractivity contribution in [2.75, 3.05) is 24.6 Å². The molecule has 36 heavy (non-hydrogen) atoms. The van der Waals surface area contributed by atoms with E-state index >= 15 is 0 Å². The van der Waals surface area contributed by atoms with Crippen LogP contribution in [0.5, 0.6) is 11.5 Å². The fourth-order valence-electron chi connectivity index (χ4n) is 3.90. The lowest BCUT2D eigenvalue weighted by atomic mass is 10.0. The van der Waals surface area contributed by atoms with E-state index in [9.17, 15) is 10.4 Å². The first-order chi connectivity index (χ1) is 17.3. The topological polar surface area (TPSA) is 109 Å². The molecule has 0 aromatic carbocycles. The van der Waals surface area contributed by atoms with Crippen LogP contribution in [0, 0.1) is 23.7 Å². The van der Waals surface area contributed by atoms with E-state index in [0.29, 0.717) is 41.4 Å². The van der Waals surface area contributed by atoms with E-state index in [-0.39, 0.29) is 12.7 Å². The van der Waals surface area contributed by atoms with E-state index < -0.39 is 5.60 Å². The predicted octanol–water partition coefficient (Wildman–Crippen LogP) is 3.06. The van der Waals surface area contributed by atoms with Crippen molar-refractivity contribution in [3.8, 4) is 41.0 Å². The maximum atomic E-state index is 10.0. The summed E-state index contributed by atoms with van der Waals surface area (Å²) in [5.74, 6) is 4.54. The maximum Gasteiger partial charge on any atom is 0.138 e. The molecule has 5 heterocycles. The van der Waals surface area contributed by atoms with Crippen molar-refractivity contribution in [3.63, 3.8) is 0 Å². The fourth-order valence-corrected chi connectivity index (χ4v) is 3.90. The van der Waals surface area contributed by atoms with Gasteiger partial charge in [-0.2, -0.15) is 10.4 Å². The van der Waals surface area contributed by atoms with Crippen molar-refractivity contribution in [1.82, 2.24) is 19.6 Å². The SMILES string of the molecule is C#Cc1ccc(OC2CN(c3ccc(-c4cc(OCC(C)(C)O)cn5ncc(C#N)c45)cn3)C2)cn1. The van der Waals surface area contributed by atoms with Crippen molar-refractivity contribution in [3.05, 3.63) is 66.4 Å². The lowest BCUT2D eigenvalue weighted by Crippen LogP contribution is -2.54. The zero-order chi connectivity index (χ0) is 25.3. The molecule has 5 rings (SSSR count). The highest BCUT2D eigenvalue weighted by atomic mass is 16.5. The van der Waals surface area contributed by atoms with Crippen LogP contribution in [0.3, 0.4) is 0 Å². The van der Waals surface area contributed by atoms with Gasteiger partial charge in [0.25, 0.3) is 0 Å². The number of hydrogen-bond acceptors (Lipinski definition) is 8. The van der Waals surface area contributed by atoms with Crippen LogP contribution in [0.15, 0.2) is 55.1 Å². The minimum Gasteiger partial charge on any atom is -0.489 e. The van der Waals surface area contributed by atoms with Crippen LogP contribution in [-0.4, -0.2) is 56.1 Å². The Morgan fingerprint density at radius 1 is 1.14 bits per heavy atom. The van der Waals surface area contributed by atoms with Crippen molar-refractivity contribution >= 4 is 11.3 Å². The molecule has 4 aromatic rings. The second-order valence-corrected chi connectivity index (χ2v) is 9.23. The molecule has 1 aliphatic rings. The molecular weight excluding hydrogens is 456 g/mol. The van der Waals surface area contributed by atoms with Gasteiger partial charge in [-0.1, -0.05) is 5.92 Å². The second kappa shape index (κ2) is 9.21. The molecule has 1 fully saturated rings. The third-order valence-corrected chi connectivity index (χ3v) is 5.72. The Morgan fingerprint density at radius 2 is 1.97 bits per heavy atom. The molecule has 0 amide bonds. The number of anilines is 1. The van der Waals surface area contributed by atoms with E-state index in [1.165, 1.54) is 6.20 Å². The molecule has 1 saturated heterocycles. The molecular formula is C27H24N6O3. The standard InChI is InChI=1S/C27H24N6O3/c1-4-20-6-7-21(13-29-20)36-23-14-32(15-23)25-8-5-18(11-30-25)24-9-22(35-17-27(2,3)34)16-33-26(24)19(10-28)12-31-33/h1,5-9,11-13,16,23,34H,14-15,17H2,2-3H3. The van der Waals surface area contributed by atoms with E-state index in [1.807, 2.05) is 24.3 Å². The molecule has 1 aliphatic heterocycles. The second-order valence-electron chi connectivity index (χ2n) is 9.23. The number of fused-ring (bicyclic) bond motifs is 1. The molecule has 180 valence electrons. The maximum absolute atomic E-state index is 10.0. The molecule has 0 aliphatic carbocycles. The Hall–Kier alpha value is -4.60. The quantitative estimate of drug-likeness (QED) is 0.402. The smallest absolute Gasteiger partial charge is 0.138 e. The van der Waals surface area contributed by atoms with Gasteiger partial charge in [0.1, 0.15) is 41.8 Å². The summed E-state index contributed by atoms with van der Waals surface area (Å²) >= 11 is 0. The average molecular weight is 481 g/mol. The van der Waals surface area contributed by atoms with Gasteiger partial charge in [-0.15, -0.1) is 6.42 Å². The summed E-state index contributed by atoms with van der Waals surface area (Å²) in [6.45, 7) is 4.87. The van der Waals surface area contributed by atoms with Gasteiger partial charge < -0.3 is 19.5 Å². The van der Waals surface area contributed by atoms with Gasteiger partial charge >= 0.3 is 0 Å². The van der Waals surface area contributed by atoms with E-state index in [0.717, 1.165) is 16.9 Å². The van der Waals surface area contributed by atoms with Gasteiger partial charge in [0.05, 0.1) is 48.4 Å². The molecule has 9 nitrogen and oxygen atoms in total. The summed E-state index contributed by atoms with van der Waals surface area (Å²) in [6.07, 6.45) is 12.0. The highest BCUT2D eigenvalue weighted by Crippen LogP contribution is 2.32. The molecule has 0 atom stereocenters. The van der Waals surface area contributed by atoms with Crippen LogP contribution in [0.4, 0.5) is 5.82 Å². The number of hydrogen-bond donors (Lipinski definition) is 1. The Morgan fingerprint density at radius 3 is 2.61 bits per heavy atom. The molecule has 0 bridgehead atoms. The Labute approximate surface area is 208 Å². The third kappa shape index (κ3) is 4.78. The fraction of sp³-hybridized carbons (Fsp3) is 0.259. The normalized spacial score (nSPS) is 13.6. The molecule has 0 radical (unpaired) electrons. The summed E-state index contributed by atoms with van der Waals surface area (Å²) in [6, 6.07) is 11.5. The Kier molecular flexibility index (Phi) is 5.93. The summed E-state index contributed by atoms with van der Waals surface area (Å²) in [5, 5.41) is 23.9. The van der Waals surface area contributed by atoms with Gasteiger partial charge in [-0.3, -0.25) is 0 Å². The van der Waals surface area contributed by atoms with Gasteiger partial charge in [-0.25, -0.2) is 14.5 Å². The highest BCUT2D eigenvalue weighted by molar-refractivity contribution is 5.85. The zero-order valence-corrected chi connectivity index (χ0v) is 19.9. The van der Waals surface area contributed by atoms with E-state index in [4.69, 9.17) is 15.9 Å². The molecule has 0 saturated carbocycles. The summed E-state index contributed by atoms with van der Waals surface area (Å²) in [4.78, 5) is 10.9. The predicted molar refractivity (Wildman–Crippen MR) is 134 cm³/mol. The Bertz CT molecular complexity index is 1470. The summed E-state index contributed by atoms with van der Waals surface area (Å²) in [7, 11) is 0. The van der Waals surface area contributed by atoms with Gasteiger partial charge in [0.15, 0.2) is 0 Å². The van der Waals surface area contributed by atoms with Crippen molar-refractivity contribution in [2.24, 2.45) is 0 Å². The highest BCUT2D eigenvalue weighted by Gasteiger charge is 2.29. The number of rotatable bonds is 7. The first-order valence-corrected chi connectivity index (χ1v) is 11.4. The largest absolute Gasteiger partial charge is 0.489 e. The molecule has 0 spiro atoms.